The third-order valence-corrected chi connectivity index (χ3v) is 7.69. The van der Waals surface area contributed by atoms with E-state index in [1.807, 2.05) is 9.80 Å². The monoisotopic (exact) mass is 557 g/mol. The summed E-state index contributed by atoms with van der Waals surface area (Å²) in [7, 11) is 0. The fraction of sp³-hybridized carbons (Fsp3) is 0.296. The van der Waals surface area contributed by atoms with E-state index in [1.165, 1.54) is 6.20 Å². The number of hydrogen-bond acceptors (Lipinski definition) is 6. The number of cyclic esters (lactones) is 1. The summed E-state index contributed by atoms with van der Waals surface area (Å²) in [5.41, 5.74) is 1.57. The molecule has 8 nitrogen and oxygen atoms in total. The highest BCUT2D eigenvalue weighted by Gasteiger charge is 2.33. The van der Waals surface area contributed by atoms with Crippen LogP contribution >= 0.6 is 23.2 Å². The van der Waals surface area contributed by atoms with Gasteiger partial charge in [-0.05, 0) is 48.7 Å². The van der Waals surface area contributed by atoms with Gasteiger partial charge in [-0.25, -0.2) is 14.0 Å². The van der Waals surface area contributed by atoms with Crippen molar-refractivity contribution >= 4 is 57.3 Å². The summed E-state index contributed by atoms with van der Waals surface area (Å²) < 4.78 is 22.4. The van der Waals surface area contributed by atoms with Gasteiger partial charge in [0.2, 0.25) is 5.43 Å². The SMILES string of the molecule is O=C1OCC(N2CCN(c3cc4c(cc3F)c(=O)c(C(=O)O)cn4C3CC3)CC2)=C1c1cc(Cl)cc(Cl)c1. The van der Waals surface area contributed by atoms with Crippen LogP contribution in [0.5, 0.6) is 0 Å². The van der Waals surface area contributed by atoms with Crippen molar-refractivity contribution in [2.75, 3.05) is 37.7 Å². The van der Waals surface area contributed by atoms with Crippen LogP contribution in [0.25, 0.3) is 16.5 Å². The summed E-state index contributed by atoms with van der Waals surface area (Å²) >= 11 is 12.3. The maximum atomic E-state index is 15.3. The molecule has 2 aliphatic heterocycles. The molecular weight excluding hydrogens is 536 g/mol. The van der Waals surface area contributed by atoms with Crippen LogP contribution in [0.2, 0.25) is 10.0 Å². The molecular formula is C27H22Cl2FN3O5. The molecule has 0 spiro atoms. The van der Waals surface area contributed by atoms with Gasteiger partial charge >= 0.3 is 11.9 Å². The van der Waals surface area contributed by atoms with Gasteiger partial charge in [0.1, 0.15) is 18.0 Å². The molecule has 2 aromatic carbocycles. The first kappa shape index (κ1) is 24.8. The number of esters is 1. The molecule has 11 heteroatoms. The van der Waals surface area contributed by atoms with Crippen molar-refractivity contribution < 1.29 is 23.8 Å². The smallest absolute Gasteiger partial charge is 0.341 e. The Hall–Kier alpha value is -3.56. The molecule has 0 radical (unpaired) electrons. The van der Waals surface area contributed by atoms with E-state index in [2.05, 4.69) is 0 Å². The number of halogens is 3. The third kappa shape index (κ3) is 4.29. The van der Waals surface area contributed by atoms with Gasteiger partial charge in [0.15, 0.2) is 0 Å². The van der Waals surface area contributed by atoms with Gasteiger partial charge in [0, 0.05) is 53.8 Å². The van der Waals surface area contributed by atoms with Gasteiger partial charge in [-0.1, -0.05) is 23.2 Å². The Labute approximate surface area is 226 Å². The normalized spacial score (nSPS) is 17.9. The summed E-state index contributed by atoms with van der Waals surface area (Å²) in [6, 6.07) is 7.83. The lowest BCUT2D eigenvalue weighted by atomic mass is 10.0. The van der Waals surface area contributed by atoms with Gasteiger partial charge in [-0.3, -0.25) is 4.79 Å². The second-order valence-electron chi connectivity index (χ2n) is 9.67. The molecule has 0 amide bonds. The van der Waals surface area contributed by atoms with Crippen molar-refractivity contribution in [1.29, 1.82) is 0 Å². The first-order chi connectivity index (χ1) is 18.2. The number of piperazine rings is 1. The molecule has 1 aromatic heterocycles. The summed E-state index contributed by atoms with van der Waals surface area (Å²) in [4.78, 5) is 40.9. The van der Waals surface area contributed by atoms with Crippen molar-refractivity contribution in [2.24, 2.45) is 0 Å². The van der Waals surface area contributed by atoms with E-state index in [1.54, 1.807) is 28.8 Å². The van der Waals surface area contributed by atoms with E-state index in [4.69, 9.17) is 27.9 Å². The highest BCUT2D eigenvalue weighted by Crippen LogP contribution is 2.38. The molecule has 0 atom stereocenters. The number of carbonyl (C=O) groups excluding carboxylic acids is 1. The number of fused-ring (bicyclic) bond motifs is 1. The molecule has 1 N–H and O–H groups in total. The molecule has 1 saturated heterocycles. The Kier molecular flexibility index (Phi) is 6.07. The molecule has 0 unspecified atom stereocenters. The van der Waals surface area contributed by atoms with Gasteiger partial charge in [-0.2, -0.15) is 0 Å². The zero-order valence-corrected chi connectivity index (χ0v) is 21.6. The fourth-order valence-corrected chi connectivity index (χ4v) is 5.78. The van der Waals surface area contributed by atoms with Gasteiger partial charge in [0.25, 0.3) is 0 Å². The molecule has 1 saturated carbocycles. The first-order valence-corrected chi connectivity index (χ1v) is 12.9. The molecule has 6 rings (SSSR count). The van der Waals surface area contributed by atoms with Crippen LogP contribution in [0.15, 0.2) is 47.0 Å². The molecule has 0 bridgehead atoms. The van der Waals surface area contributed by atoms with Crippen LogP contribution in [-0.2, 0) is 9.53 Å². The lowest BCUT2D eigenvalue weighted by molar-refractivity contribution is -0.134. The molecule has 2 fully saturated rings. The molecule has 3 aliphatic rings. The molecule has 3 heterocycles. The minimum Gasteiger partial charge on any atom is -0.477 e. The van der Waals surface area contributed by atoms with E-state index >= 15 is 4.39 Å². The molecule has 38 heavy (non-hydrogen) atoms. The summed E-state index contributed by atoms with van der Waals surface area (Å²) in [5.74, 6) is -2.35. The Morgan fingerprint density at radius 2 is 1.63 bits per heavy atom. The number of nitrogens with zero attached hydrogens (tertiary/aromatic N) is 3. The lowest BCUT2D eigenvalue weighted by Gasteiger charge is -2.38. The fourth-order valence-electron chi connectivity index (χ4n) is 5.25. The Morgan fingerprint density at radius 3 is 2.26 bits per heavy atom. The molecule has 196 valence electrons. The zero-order valence-electron chi connectivity index (χ0n) is 20.0. The number of aromatic nitrogens is 1. The zero-order chi connectivity index (χ0) is 26.7. The highest BCUT2D eigenvalue weighted by atomic mass is 35.5. The number of carbonyl (C=O) groups is 2. The number of aromatic carboxylic acids is 1. The standard InChI is InChI=1S/C27H22Cl2FN3O5/c28-15-7-14(8-16(29)9-15)24-23(13-38-27(24)37)32-5-3-31(4-6-32)22-11-21-18(10-20(22)30)25(34)19(26(35)36)12-33(21)17-1-2-17/h7-12,17H,1-6,13H2,(H,35,36). The first-order valence-electron chi connectivity index (χ1n) is 12.2. The van der Waals surface area contributed by atoms with Crippen LogP contribution in [0, 0.1) is 5.82 Å². The van der Waals surface area contributed by atoms with E-state index in [0.29, 0.717) is 58.6 Å². The summed E-state index contributed by atoms with van der Waals surface area (Å²) in [6.07, 6.45) is 3.12. The number of carboxylic acids is 1. The van der Waals surface area contributed by atoms with Crippen molar-refractivity contribution in [3.8, 4) is 0 Å². The van der Waals surface area contributed by atoms with Gasteiger partial charge in [0.05, 0.1) is 22.5 Å². The topological polar surface area (TPSA) is 92.1 Å². The predicted octanol–water partition coefficient (Wildman–Crippen LogP) is 4.57. The number of hydrogen-bond donors (Lipinski definition) is 1. The minimum absolute atomic E-state index is 0.0632. The largest absolute Gasteiger partial charge is 0.477 e. The highest BCUT2D eigenvalue weighted by molar-refractivity contribution is 6.35. The van der Waals surface area contributed by atoms with Crippen molar-refractivity contribution in [3.63, 3.8) is 0 Å². The second kappa shape index (κ2) is 9.32. The average Bonchev–Trinajstić information content (AvgIpc) is 3.64. The van der Waals surface area contributed by atoms with Crippen LogP contribution < -0.4 is 10.3 Å². The Morgan fingerprint density at radius 1 is 0.974 bits per heavy atom. The van der Waals surface area contributed by atoms with Gasteiger partial charge < -0.3 is 24.2 Å². The quantitative estimate of drug-likeness (QED) is 0.459. The number of carboxylic acid groups (broad SMARTS) is 1. The second-order valence-corrected chi connectivity index (χ2v) is 10.5. The van der Waals surface area contributed by atoms with E-state index in [9.17, 15) is 19.5 Å². The number of rotatable bonds is 5. The van der Waals surface area contributed by atoms with Gasteiger partial charge in [-0.15, -0.1) is 0 Å². The Bertz CT molecular complexity index is 1590. The third-order valence-electron chi connectivity index (χ3n) is 7.26. The number of ether oxygens (including phenoxy) is 1. The van der Waals surface area contributed by atoms with Crippen LogP contribution in [0.4, 0.5) is 10.1 Å². The van der Waals surface area contributed by atoms with E-state index in [0.717, 1.165) is 24.6 Å². The summed E-state index contributed by atoms with van der Waals surface area (Å²) in [5, 5.41) is 10.4. The summed E-state index contributed by atoms with van der Waals surface area (Å²) in [6.45, 7) is 2.07. The van der Waals surface area contributed by atoms with Crippen LogP contribution in [0.3, 0.4) is 0 Å². The average molecular weight is 558 g/mol. The van der Waals surface area contributed by atoms with Crippen molar-refractivity contribution in [3.05, 3.63) is 79.4 Å². The maximum absolute atomic E-state index is 15.3. The van der Waals surface area contributed by atoms with Crippen LogP contribution in [-0.4, -0.2) is 59.3 Å². The van der Waals surface area contributed by atoms with Crippen LogP contribution in [0.1, 0.15) is 34.8 Å². The minimum atomic E-state index is -1.32. The predicted molar refractivity (Wildman–Crippen MR) is 142 cm³/mol. The lowest BCUT2D eigenvalue weighted by Crippen LogP contribution is -2.46. The number of anilines is 1. The number of pyridine rings is 1. The molecule has 1 aliphatic carbocycles. The maximum Gasteiger partial charge on any atom is 0.341 e. The van der Waals surface area contributed by atoms with E-state index in [-0.39, 0.29) is 23.6 Å². The molecule has 3 aromatic rings. The van der Waals surface area contributed by atoms with Crippen molar-refractivity contribution in [2.45, 2.75) is 18.9 Å². The Balaban J connectivity index is 1.31. The van der Waals surface area contributed by atoms with Crippen molar-refractivity contribution in [1.82, 2.24) is 9.47 Å². The van der Waals surface area contributed by atoms with E-state index < -0.39 is 23.2 Å². The number of benzene rings is 2.